The number of morpholine rings is 1. The summed E-state index contributed by atoms with van der Waals surface area (Å²) in [5.74, 6) is 0.999. The van der Waals surface area contributed by atoms with Crippen molar-refractivity contribution in [3.8, 4) is 0 Å². The van der Waals surface area contributed by atoms with Gasteiger partial charge in [-0.3, -0.25) is 9.69 Å². The van der Waals surface area contributed by atoms with Crippen molar-refractivity contribution in [1.29, 1.82) is 0 Å². The number of nitrogens with zero attached hydrogens (tertiary/aromatic N) is 5. The van der Waals surface area contributed by atoms with Gasteiger partial charge in [-0.1, -0.05) is 6.92 Å². The first-order valence-corrected chi connectivity index (χ1v) is 9.96. The maximum Gasteiger partial charge on any atom is 0.236 e. The molecule has 0 radical (unpaired) electrons. The Morgan fingerprint density at radius 3 is 2.85 bits per heavy atom. The lowest BCUT2D eigenvalue weighted by Crippen LogP contribution is -2.47. The van der Waals surface area contributed by atoms with Crippen LogP contribution >= 0.6 is 0 Å². The van der Waals surface area contributed by atoms with Gasteiger partial charge in [0.2, 0.25) is 11.9 Å². The van der Waals surface area contributed by atoms with Gasteiger partial charge in [0.05, 0.1) is 25.4 Å². The second-order valence-electron chi connectivity index (χ2n) is 7.47. The third kappa shape index (κ3) is 3.99. The highest BCUT2D eigenvalue weighted by atomic mass is 16.5. The van der Waals surface area contributed by atoms with Gasteiger partial charge in [-0.15, -0.1) is 0 Å². The SMILES string of the molecule is CCN(CC(=O)N1CCO[C@H](c2ccnc(N3CCCC3)n2)C1)C1CC1. The van der Waals surface area contributed by atoms with Crippen molar-refractivity contribution in [2.45, 2.75) is 44.8 Å². The van der Waals surface area contributed by atoms with Crippen LogP contribution < -0.4 is 4.90 Å². The number of aromatic nitrogens is 2. The standard InChI is InChI=1S/C19H29N5O2/c1-2-22(15-5-6-15)14-18(25)24-11-12-26-17(13-24)16-7-8-20-19(21-16)23-9-3-4-10-23/h7-8,15,17H,2-6,9-14H2,1H3/t17-/m0/s1. The molecule has 4 rings (SSSR count). The van der Waals surface area contributed by atoms with E-state index in [-0.39, 0.29) is 12.0 Å². The normalized spacial score (nSPS) is 23.7. The highest BCUT2D eigenvalue weighted by Crippen LogP contribution is 2.27. The zero-order valence-electron chi connectivity index (χ0n) is 15.6. The number of carbonyl (C=O) groups excluding carboxylic acids is 1. The molecule has 1 saturated carbocycles. The molecular formula is C19H29N5O2. The summed E-state index contributed by atoms with van der Waals surface area (Å²) in [6, 6.07) is 2.53. The van der Waals surface area contributed by atoms with Gasteiger partial charge >= 0.3 is 0 Å². The Morgan fingerprint density at radius 1 is 1.31 bits per heavy atom. The Bertz CT molecular complexity index is 630. The molecule has 2 saturated heterocycles. The average Bonchev–Trinajstić information content (AvgIpc) is 3.39. The first-order chi connectivity index (χ1) is 12.7. The minimum absolute atomic E-state index is 0.159. The van der Waals surface area contributed by atoms with E-state index in [0.717, 1.165) is 31.3 Å². The van der Waals surface area contributed by atoms with Gasteiger partial charge in [0, 0.05) is 31.9 Å². The fraction of sp³-hybridized carbons (Fsp3) is 0.737. The zero-order valence-corrected chi connectivity index (χ0v) is 15.6. The summed E-state index contributed by atoms with van der Waals surface area (Å²) in [7, 11) is 0. The van der Waals surface area contributed by atoms with E-state index in [0.29, 0.717) is 32.3 Å². The molecule has 0 aromatic carbocycles. The molecule has 1 aromatic rings. The van der Waals surface area contributed by atoms with E-state index >= 15 is 0 Å². The molecule has 0 unspecified atom stereocenters. The van der Waals surface area contributed by atoms with E-state index in [2.05, 4.69) is 21.7 Å². The number of rotatable bonds is 6. The molecule has 1 atom stereocenters. The molecule has 3 heterocycles. The van der Waals surface area contributed by atoms with Gasteiger partial charge in [-0.05, 0) is 38.3 Å². The van der Waals surface area contributed by atoms with Crippen molar-refractivity contribution in [1.82, 2.24) is 19.8 Å². The van der Waals surface area contributed by atoms with Gasteiger partial charge < -0.3 is 14.5 Å². The number of likely N-dealkylation sites (N-methyl/N-ethyl adjacent to an activating group) is 1. The molecule has 26 heavy (non-hydrogen) atoms. The lowest BCUT2D eigenvalue weighted by atomic mass is 10.2. The first-order valence-electron chi connectivity index (χ1n) is 9.96. The number of amides is 1. The number of hydrogen-bond acceptors (Lipinski definition) is 6. The predicted molar refractivity (Wildman–Crippen MR) is 99.0 cm³/mol. The Kier molecular flexibility index (Phi) is 5.36. The fourth-order valence-corrected chi connectivity index (χ4v) is 3.88. The Balaban J connectivity index is 1.40. The first kappa shape index (κ1) is 17.7. The van der Waals surface area contributed by atoms with E-state index in [1.165, 1.54) is 25.7 Å². The second kappa shape index (κ2) is 7.88. The Labute approximate surface area is 155 Å². The van der Waals surface area contributed by atoms with Crippen LogP contribution in [-0.4, -0.2) is 77.6 Å². The summed E-state index contributed by atoms with van der Waals surface area (Å²) in [4.78, 5) is 28.4. The van der Waals surface area contributed by atoms with E-state index in [1.54, 1.807) is 0 Å². The summed E-state index contributed by atoms with van der Waals surface area (Å²) < 4.78 is 5.94. The second-order valence-corrected chi connectivity index (χ2v) is 7.47. The summed E-state index contributed by atoms with van der Waals surface area (Å²) in [5.41, 5.74) is 0.883. The van der Waals surface area contributed by atoms with Crippen molar-refractivity contribution >= 4 is 11.9 Å². The monoisotopic (exact) mass is 359 g/mol. The summed E-state index contributed by atoms with van der Waals surface area (Å²) >= 11 is 0. The van der Waals surface area contributed by atoms with Crippen LogP contribution in [0.5, 0.6) is 0 Å². The molecule has 0 N–H and O–H groups in total. The van der Waals surface area contributed by atoms with Crippen molar-refractivity contribution in [2.24, 2.45) is 0 Å². The summed E-state index contributed by atoms with van der Waals surface area (Å²) in [6.07, 6.45) is 6.51. The Hall–Kier alpha value is -1.73. The predicted octanol–water partition coefficient (Wildman–Crippen LogP) is 1.46. The van der Waals surface area contributed by atoms with Gasteiger partial charge in [-0.25, -0.2) is 9.97 Å². The minimum Gasteiger partial charge on any atom is -0.368 e. The van der Waals surface area contributed by atoms with Gasteiger partial charge in [-0.2, -0.15) is 0 Å². The quantitative estimate of drug-likeness (QED) is 0.766. The number of hydrogen-bond donors (Lipinski definition) is 0. The van der Waals surface area contributed by atoms with E-state index < -0.39 is 0 Å². The number of anilines is 1. The zero-order chi connectivity index (χ0) is 17.9. The Morgan fingerprint density at radius 2 is 2.12 bits per heavy atom. The van der Waals surface area contributed by atoms with Gasteiger partial charge in [0.1, 0.15) is 6.10 Å². The highest BCUT2D eigenvalue weighted by Gasteiger charge is 2.32. The molecule has 2 aliphatic heterocycles. The van der Waals surface area contributed by atoms with Crippen LogP contribution in [0.2, 0.25) is 0 Å². The van der Waals surface area contributed by atoms with Crippen LogP contribution in [0.15, 0.2) is 12.3 Å². The molecule has 7 heteroatoms. The number of ether oxygens (including phenoxy) is 1. The van der Waals surface area contributed by atoms with Crippen molar-refractivity contribution < 1.29 is 9.53 Å². The van der Waals surface area contributed by atoms with Gasteiger partial charge in [0.15, 0.2) is 0 Å². The average molecular weight is 359 g/mol. The van der Waals surface area contributed by atoms with Crippen LogP contribution in [0.4, 0.5) is 5.95 Å². The molecule has 7 nitrogen and oxygen atoms in total. The maximum atomic E-state index is 12.7. The largest absolute Gasteiger partial charge is 0.368 e. The lowest BCUT2D eigenvalue weighted by Gasteiger charge is -2.34. The third-order valence-corrected chi connectivity index (χ3v) is 5.61. The van der Waals surface area contributed by atoms with Crippen LogP contribution in [0.3, 0.4) is 0 Å². The smallest absolute Gasteiger partial charge is 0.236 e. The molecule has 142 valence electrons. The molecule has 0 bridgehead atoms. The minimum atomic E-state index is -0.159. The van der Waals surface area contributed by atoms with Crippen molar-refractivity contribution in [3.63, 3.8) is 0 Å². The van der Waals surface area contributed by atoms with E-state index in [1.807, 2.05) is 17.2 Å². The van der Waals surface area contributed by atoms with Crippen LogP contribution in [-0.2, 0) is 9.53 Å². The fourth-order valence-electron chi connectivity index (χ4n) is 3.88. The van der Waals surface area contributed by atoms with Crippen LogP contribution in [0.1, 0.15) is 44.4 Å². The number of carbonyl (C=O) groups is 1. The molecule has 1 amide bonds. The van der Waals surface area contributed by atoms with Crippen molar-refractivity contribution in [3.05, 3.63) is 18.0 Å². The topological polar surface area (TPSA) is 61.8 Å². The van der Waals surface area contributed by atoms with E-state index in [4.69, 9.17) is 9.72 Å². The molecular weight excluding hydrogens is 330 g/mol. The molecule has 1 aliphatic carbocycles. The lowest BCUT2D eigenvalue weighted by molar-refractivity contribution is -0.140. The van der Waals surface area contributed by atoms with E-state index in [9.17, 15) is 4.79 Å². The summed E-state index contributed by atoms with van der Waals surface area (Å²) in [6.45, 7) is 7.45. The molecule has 3 fully saturated rings. The summed E-state index contributed by atoms with van der Waals surface area (Å²) in [5, 5.41) is 0. The molecule has 3 aliphatic rings. The third-order valence-electron chi connectivity index (χ3n) is 5.61. The highest BCUT2D eigenvalue weighted by molar-refractivity contribution is 5.78. The maximum absolute atomic E-state index is 12.7. The van der Waals surface area contributed by atoms with Gasteiger partial charge in [0.25, 0.3) is 0 Å². The van der Waals surface area contributed by atoms with Crippen molar-refractivity contribution in [2.75, 3.05) is 50.8 Å². The van der Waals surface area contributed by atoms with Crippen LogP contribution in [0, 0.1) is 0 Å². The van der Waals surface area contributed by atoms with Crippen LogP contribution in [0.25, 0.3) is 0 Å². The molecule has 1 aromatic heterocycles. The molecule has 0 spiro atoms.